The molecule has 0 saturated carbocycles. The largest absolute Gasteiger partial charge is 0.468 e. The molecule has 0 aromatic carbocycles. The standard InChI is InChI=1S/C17H28N2O3/c1-16(2,3)22-15(20)19-9-6-8-17(4,13-19)12-18-11-14-7-5-10-21-14/h5,7,10,18H,6,8-9,11-13H2,1-4H3. The second-order valence-electron chi connectivity index (χ2n) is 7.50. The highest BCUT2D eigenvalue weighted by molar-refractivity contribution is 5.68. The van der Waals surface area contributed by atoms with Crippen molar-refractivity contribution < 1.29 is 13.9 Å². The van der Waals surface area contributed by atoms with Gasteiger partial charge in [-0.2, -0.15) is 0 Å². The Labute approximate surface area is 133 Å². The van der Waals surface area contributed by atoms with Gasteiger partial charge in [0.05, 0.1) is 12.8 Å². The van der Waals surface area contributed by atoms with Crippen LogP contribution >= 0.6 is 0 Å². The Bertz CT molecular complexity index is 479. The fourth-order valence-electron chi connectivity index (χ4n) is 2.84. The van der Waals surface area contributed by atoms with Gasteiger partial charge in [0.2, 0.25) is 0 Å². The maximum atomic E-state index is 12.2. The molecule has 0 radical (unpaired) electrons. The Morgan fingerprint density at radius 3 is 2.91 bits per heavy atom. The highest BCUT2D eigenvalue weighted by Gasteiger charge is 2.34. The van der Waals surface area contributed by atoms with Gasteiger partial charge in [0.15, 0.2) is 0 Å². The van der Waals surface area contributed by atoms with E-state index in [2.05, 4.69) is 12.2 Å². The smallest absolute Gasteiger partial charge is 0.410 e. The van der Waals surface area contributed by atoms with Crippen molar-refractivity contribution in [3.05, 3.63) is 24.2 Å². The molecule has 1 aliphatic heterocycles. The lowest BCUT2D eigenvalue weighted by Gasteiger charge is -2.41. The Morgan fingerprint density at radius 2 is 2.27 bits per heavy atom. The number of carbonyl (C=O) groups excluding carboxylic acids is 1. The Balaban J connectivity index is 1.84. The van der Waals surface area contributed by atoms with E-state index in [0.717, 1.165) is 44.8 Å². The molecule has 1 aromatic heterocycles. The summed E-state index contributed by atoms with van der Waals surface area (Å²) in [7, 11) is 0. The van der Waals surface area contributed by atoms with E-state index in [1.165, 1.54) is 0 Å². The van der Waals surface area contributed by atoms with Gasteiger partial charge in [-0.05, 0) is 51.2 Å². The van der Waals surface area contributed by atoms with Crippen LogP contribution in [0.1, 0.15) is 46.3 Å². The van der Waals surface area contributed by atoms with Gasteiger partial charge in [0, 0.05) is 19.6 Å². The summed E-state index contributed by atoms with van der Waals surface area (Å²) in [5.41, 5.74) is -0.371. The molecule has 124 valence electrons. The van der Waals surface area contributed by atoms with Gasteiger partial charge in [-0.25, -0.2) is 4.79 Å². The number of hydrogen-bond donors (Lipinski definition) is 1. The van der Waals surface area contributed by atoms with Crippen LogP contribution in [0.2, 0.25) is 0 Å². The van der Waals surface area contributed by atoms with Crippen LogP contribution in [-0.2, 0) is 11.3 Å². The minimum absolute atomic E-state index is 0.0712. The number of nitrogens with one attached hydrogen (secondary N) is 1. The van der Waals surface area contributed by atoms with E-state index < -0.39 is 5.60 Å². The molecule has 1 amide bonds. The van der Waals surface area contributed by atoms with Crippen LogP contribution in [0, 0.1) is 5.41 Å². The third-order valence-corrected chi connectivity index (χ3v) is 3.86. The predicted molar refractivity (Wildman–Crippen MR) is 85.6 cm³/mol. The maximum absolute atomic E-state index is 12.2. The number of rotatable bonds is 4. The van der Waals surface area contributed by atoms with Crippen molar-refractivity contribution in [2.75, 3.05) is 19.6 Å². The van der Waals surface area contributed by atoms with Crippen LogP contribution in [0.15, 0.2) is 22.8 Å². The quantitative estimate of drug-likeness (QED) is 0.926. The van der Waals surface area contributed by atoms with E-state index in [4.69, 9.17) is 9.15 Å². The highest BCUT2D eigenvalue weighted by atomic mass is 16.6. The van der Waals surface area contributed by atoms with E-state index in [1.54, 1.807) is 6.26 Å². The van der Waals surface area contributed by atoms with Gasteiger partial charge in [0.25, 0.3) is 0 Å². The molecule has 5 nitrogen and oxygen atoms in total. The summed E-state index contributed by atoms with van der Waals surface area (Å²) in [6.45, 7) is 11.0. The second kappa shape index (κ2) is 6.73. The van der Waals surface area contributed by atoms with Crippen LogP contribution in [0.25, 0.3) is 0 Å². The second-order valence-corrected chi connectivity index (χ2v) is 7.50. The first kappa shape index (κ1) is 16.9. The van der Waals surface area contributed by atoms with Crippen LogP contribution in [0.5, 0.6) is 0 Å². The van der Waals surface area contributed by atoms with Crippen molar-refractivity contribution in [1.82, 2.24) is 10.2 Å². The number of likely N-dealkylation sites (tertiary alicyclic amines) is 1. The molecule has 0 spiro atoms. The molecule has 2 heterocycles. The number of hydrogen-bond acceptors (Lipinski definition) is 4. The summed E-state index contributed by atoms with van der Waals surface area (Å²) in [5, 5.41) is 3.43. The van der Waals surface area contributed by atoms with Gasteiger partial charge in [-0.1, -0.05) is 6.92 Å². The molecule has 1 unspecified atom stereocenters. The Kier molecular flexibility index (Phi) is 5.16. The SMILES string of the molecule is CC1(CNCc2ccco2)CCCN(C(=O)OC(C)(C)C)C1. The maximum Gasteiger partial charge on any atom is 0.410 e. The fourth-order valence-corrected chi connectivity index (χ4v) is 2.84. The number of carbonyl (C=O) groups is 1. The number of piperidine rings is 1. The van der Waals surface area contributed by atoms with Crippen molar-refractivity contribution in [3.63, 3.8) is 0 Å². The molecule has 5 heteroatoms. The minimum atomic E-state index is -0.442. The number of amides is 1. The van der Waals surface area contributed by atoms with Crippen LogP contribution in [-0.4, -0.2) is 36.2 Å². The number of nitrogens with zero attached hydrogens (tertiary/aromatic N) is 1. The van der Waals surface area contributed by atoms with Crippen molar-refractivity contribution in [2.24, 2.45) is 5.41 Å². The van der Waals surface area contributed by atoms with Gasteiger partial charge >= 0.3 is 6.09 Å². The predicted octanol–water partition coefficient (Wildman–Crippen LogP) is 3.41. The van der Waals surface area contributed by atoms with Crippen molar-refractivity contribution >= 4 is 6.09 Å². The monoisotopic (exact) mass is 308 g/mol. The first-order chi connectivity index (χ1) is 10.3. The molecule has 1 N–H and O–H groups in total. The zero-order chi connectivity index (χ0) is 16.2. The van der Waals surface area contributed by atoms with Gasteiger partial charge in [0.1, 0.15) is 11.4 Å². The Hall–Kier alpha value is -1.49. The molecule has 1 aromatic rings. The zero-order valence-corrected chi connectivity index (χ0v) is 14.1. The molecule has 1 saturated heterocycles. The van der Waals surface area contributed by atoms with Gasteiger partial charge in [-0.15, -0.1) is 0 Å². The lowest BCUT2D eigenvalue weighted by molar-refractivity contribution is 0.00670. The first-order valence-corrected chi connectivity index (χ1v) is 7.98. The van der Waals surface area contributed by atoms with E-state index >= 15 is 0 Å². The van der Waals surface area contributed by atoms with Crippen LogP contribution in [0.4, 0.5) is 4.79 Å². The summed E-state index contributed by atoms with van der Waals surface area (Å²) >= 11 is 0. The summed E-state index contributed by atoms with van der Waals surface area (Å²) < 4.78 is 10.8. The van der Waals surface area contributed by atoms with E-state index in [9.17, 15) is 4.79 Å². The van der Waals surface area contributed by atoms with Crippen LogP contribution < -0.4 is 5.32 Å². The third kappa shape index (κ3) is 5.05. The molecule has 0 bridgehead atoms. The van der Waals surface area contributed by atoms with E-state index in [-0.39, 0.29) is 11.5 Å². The molecular formula is C17H28N2O3. The average molecular weight is 308 g/mol. The number of furan rings is 1. The first-order valence-electron chi connectivity index (χ1n) is 7.98. The number of ether oxygens (including phenoxy) is 1. The topological polar surface area (TPSA) is 54.7 Å². The van der Waals surface area contributed by atoms with Crippen molar-refractivity contribution in [2.45, 2.75) is 52.7 Å². The zero-order valence-electron chi connectivity index (χ0n) is 14.1. The van der Waals surface area contributed by atoms with E-state index in [0.29, 0.717) is 0 Å². The van der Waals surface area contributed by atoms with Gasteiger partial charge in [-0.3, -0.25) is 0 Å². The summed E-state index contributed by atoms with van der Waals surface area (Å²) in [5.74, 6) is 0.934. The van der Waals surface area contributed by atoms with E-state index in [1.807, 2.05) is 37.8 Å². The van der Waals surface area contributed by atoms with Crippen molar-refractivity contribution in [1.29, 1.82) is 0 Å². The Morgan fingerprint density at radius 1 is 1.50 bits per heavy atom. The highest BCUT2D eigenvalue weighted by Crippen LogP contribution is 2.29. The third-order valence-electron chi connectivity index (χ3n) is 3.86. The lowest BCUT2D eigenvalue weighted by Crippen LogP contribution is -2.50. The minimum Gasteiger partial charge on any atom is -0.468 e. The fraction of sp³-hybridized carbons (Fsp3) is 0.706. The average Bonchev–Trinajstić information content (AvgIpc) is 2.90. The molecule has 1 aliphatic rings. The summed E-state index contributed by atoms with van der Waals surface area (Å²) in [4.78, 5) is 14.1. The molecule has 0 aliphatic carbocycles. The summed E-state index contributed by atoms with van der Waals surface area (Å²) in [6, 6.07) is 3.85. The van der Waals surface area contributed by atoms with Crippen molar-refractivity contribution in [3.8, 4) is 0 Å². The summed E-state index contributed by atoms with van der Waals surface area (Å²) in [6.07, 6.45) is 3.60. The molecule has 1 atom stereocenters. The molecule has 22 heavy (non-hydrogen) atoms. The molecule has 2 rings (SSSR count). The normalized spacial score (nSPS) is 22.6. The molecular weight excluding hydrogens is 280 g/mol. The van der Waals surface area contributed by atoms with Crippen LogP contribution in [0.3, 0.4) is 0 Å². The lowest BCUT2D eigenvalue weighted by atomic mass is 9.82. The van der Waals surface area contributed by atoms with Gasteiger partial charge < -0.3 is 19.4 Å². The molecule has 1 fully saturated rings.